The highest BCUT2D eigenvalue weighted by Crippen LogP contribution is 2.20. The van der Waals surface area contributed by atoms with E-state index >= 15 is 0 Å². The van der Waals surface area contributed by atoms with Crippen LogP contribution in [0.4, 0.5) is 10.5 Å². The van der Waals surface area contributed by atoms with E-state index in [1.165, 1.54) is 6.42 Å². The summed E-state index contributed by atoms with van der Waals surface area (Å²) < 4.78 is 5.33. The summed E-state index contributed by atoms with van der Waals surface area (Å²) in [5.41, 5.74) is 1.63. The van der Waals surface area contributed by atoms with Gasteiger partial charge < -0.3 is 24.3 Å². The number of piperidine rings is 1. The number of morpholine rings is 1. The SMILES string of the molecule is O=C(c1cc[c]c(N2CCN(C(=O)N3CCCCC3)CC2)c1)N1CCOCC1. The highest BCUT2D eigenvalue weighted by atomic mass is 16.5. The summed E-state index contributed by atoms with van der Waals surface area (Å²) in [6, 6.07) is 9.03. The Balaban J connectivity index is 1.35. The average molecular weight is 385 g/mol. The summed E-state index contributed by atoms with van der Waals surface area (Å²) in [5, 5.41) is 0. The molecule has 0 saturated carbocycles. The molecule has 1 aromatic carbocycles. The minimum atomic E-state index is 0.0532. The predicted octanol–water partition coefficient (Wildman–Crippen LogP) is 1.69. The van der Waals surface area contributed by atoms with Crippen LogP contribution in [0.2, 0.25) is 0 Å². The van der Waals surface area contributed by atoms with Crippen LogP contribution in [0.25, 0.3) is 0 Å². The molecule has 1 aromatic rings. The lowest BCUT2D eigenvalue weighted by Crippen LogP contribution is -2.53. The highest BCUT2D eigenvalue weighted by molar-refractivity contribution is 5.95. The molecule has 0 N–H and O–H groups in total. The molecular formula is C21H29N4O3. The van der Waals surface area contributed by atoms with E-state index in [1.54, 1.807) is 0 Å². The zero-order valence-electron chi connectivity index (χ0n) is 16.4. The van der Waals surface area contributed by atoms with Crippen molar-refractivity contribution in [1.29, 1.82) is 0 Å². The van der Waals surface area contributed by atoms with Gasteiger partial charge in [0.1, 0.15) is 0 Å². The van der Waals surface area contributed by atoms with Crippen molar-refractivity contribution in [2.75, 3.05) is 70.5 Å². The Kier molecular flexibility index (Phi) is 6.00. The molecule has 28 heavy (non-hydrogen) atoms. The topological polar surface area (TPSA) is 56.3 Å². The first kappa shape index (κ1) is 19.1. The van der Waals surface area contributed by atoms with Crippen molar-refractivity contribution < 1.29 is 14.3 Å². The lowest BCUT2D eigenvalue weighted by atomic mass is 10.1. The van der Waals surface area contributed by atoms with Crippen LogP contribution in [0, 0.1) is 6.07 Å². The smallest absolute Gasteiger partial charge is 0.320 e. The van der Waals surface area contributed by atoms with Gasteiger partial charge in [0.05, 0.1) is 13.2 Å². The molecule has 1 radical (unpaired) electrons. The Morgan fingerprint density at radius 2 is 1.50 bits per heavy atom. The largest absolute Gasteiger partial charge is 0.378 e. The van der Waals surface area contributed by atoms with Crippen LogP contribution in [0.5, 0.6) is 0 Å². The van der Waals surface area contributed by atoms with E-state index in [-0.39, 0.29) is 11.9 Å². The van der Waals surface area contributed by atoms with Crippen LogP contribution < -0.4 is 4.90 Å². The first-order valence-corrected chi connectivity index (χ1v) is 10.4. The second-order valence-electron chi connectivity index (χ2n) is 7.67. The van der Waals surface area contributed by atoms with E-state index in [9.17, 15) is 9.59 Å². The van der Waals surface area contributed by atoms with Crippen molar-refractivity contribution in [3.63, 3.8) is 0 Å². The quantitative estimate of drug-likeness (QED) is 0.777. The summed E-state index contributed by atoms with van der Waals surface area (Å²) in [4.78, 5) is 33.4. The zero-order valence-corrected chi connectivity index (χ0v) is 16.4. The Morgan fingerprint density at radius 3 is 2.21 bits per heavy atom. The van der Waals surface area contributed by atoms with Crippen molar-refractivity contribution in [2.45, 2.75) is 19.3 Å². The number of carbonyl (C=O) groups is 2. The minimum absolute atomic E-state index is 0.0532. The van der Waals surface area contributed by atoms with Gasteiger partial charge in [0.15, 0.2) is 0 Å². The first-order valence-electron chi connectivity index (χ1n) is 10.4. The molecule has 0 unspecified atom stereocenters. The number of hydrogen-bond acceptors (Lipinski definition) is 4. The zero-order chi connectivity index (χ0) is 19.3. The van der Waals surface area contributed by atoms with Crippen LogP contribution in [0.3, 0.4) is 0 Å². The molecule has 0 spiro atoms. The Morgan fingerprint density at radius 1 is 0.821 bits per heavy atom. The Hall–Kier alpha value is -2.28. The molecule has 7 heteroatoms. The van der Waals surface area contributed by atoms with Crippen molar-refractivity contribution in [2.24, 2.45) is 0 Å². The summed E-state index contributed by atoms with van der Waals surface area (Å²) >= 11 is 0. The fourth-order valence-corrected chi connectivity index (χ4v) is 4.14. The van der Waals surface area contributed by atoms with Crippen LogP contribution in [-0.4, -0.2) is 92.2 Å². The first-order chi connectivity index (χ1) is 13.7. The third kappa shape index (κ3) is 4.24. The molecule has 4 rings (SSSR count). The number of anilines is 1. The van der Waals surface area contributed by atoms with Crippen molar-refractivity contribution in [3.8, 4) is 0 Å². The van der Waals surface area contributed by atoms with E-state index in [0.29, 0.717) is 45.0 Å². The molecule has 3 heterocycles. The summed E-state index contributed by atoms with van der Waals surface area (Å²) in [6.45, 7) is 7.23. The third-order valence-corrected chi connectivity index (χ3v) is 5.85. The number of rotatable bonds is 2. The molecular weight excluding hydrogens is 356 g/mol. The summed E-state index contributed by atoms with van der Waals surface area (Å²) in [6.07, 6.45) is 3.46. The number of carbonyl (C=O) groups excluding carboxylic acids is 2. The molecule has 0 aliphatic carbocycles. The number of ether oxygens (including phenoxy) is 1. The van der Waals surface area contributed by atoms with Crippen LogP contribution in [-0.2, 0) is 4.74 Å². The van der Waals surface area contributed by atoms with Gasteiger partial charge in [-0.3, -0.25) is 4.79 Å². The van der Waals surface area contributed by atoms with Crippen LogP contribution in [0.1, 0.15) is 29.6 Å². The van der Waals surface area contributed by atoms with Gasteiger partial charge in [-0.1, -0.05) is 6.07 Å². The highest BCUT2D eigenvalue weighted by Gasteiger charge is 2.27. The molecule has 3 aliphatic rings. The van der Waals surface area contributed by atoms with Gasteiger partial charge in [0.2, 0.25) is 0 Å². The van der Waals surface area contributed by atoms with Gasteiger partial charge in [-0.25, -0.2) is 4.79 Å². The number of urea groups is 1. The molecule has 0 atom stereocenters. The number of piperazine rings is 1. The molecule has 7 nitrogen and oxygen atoms in total. The monoisotopic (exact) mass is 385 g/mol. The van der Waals surface area contributed by atoms with Crippen molar-refractivity contribution in [3.05, 3.63) is 29.8 Å². The predicted molar refractivity (Wildman–Crippen MR) is 107 cm³/mol. The van der Waals surface area contributed by atoms with Gasteiger partial charge in [-0.2, -0.15) is 0 Å². The summed E-state index contributed by atoms with van der Waals surface area (Å²) in [5.74, 6) is 0.0532. The van der Waals surface area contributed by atoms with Crippen LogP contribution >= 0.6 is 0 Å². The second-order valence-corrected chi connectivity index (χ2v) is 7.67. The number of benzene rings is 1. The standard InChI is InChI=1S/C21H29N4O3/c26-20(23-13-15-28-16-14-23)18-5-4-6-19(17-18)22-9-11-25(12-10-22)21(27)24-7-2-1-3-8-24/h4-5,17H,1-3,7-16H2. The Labute approximate surface area is 166 Å². The van der Waals surface area contributed by atoms with Gasteiger partial charge in [-0.05, 0) is 31.4 Å². The molecule has 3 fully saturated rings. The minimum Gasteiger partial charge on any atom is -0.378 e. The van der Waals surface area contributed by atoms with Crippen molar-refractivity contribution >= 4 is 17.6 Å². The average Bonchev–Trinajstić information content (AvgIpc) is 2.79. The van der Waals surface area contributed by atoms with E-state index in [2.05, 4.69) is 11.0 Å². The molecule has 3 saturated heterocycles. The van der Waals surface area contributed by atoms with E-state index in [0.717, 1.165) is 44.7 Å². The van der Waals surface area contributed by atoms with Crippen LogP contribution in [0.15, 0.2) is 18.2 Å². The lowest BCUT2D eigenvalue weighted by Gasteiger charge is -2.39. The van der Waals surface area contributed by atoms with Crippen molar-refractivity contribution in [1.82, 2.24) is 14.7 Å². The molecule has 0 bridgehead atoms. The number of nitrogens with zero attached hydrogens (tertiary/aromatic N) is 4. The van der Waals surface area contributed by atoms with Gasteiger partial charge in [-0.15, -0.1) is 0 Å². The second kappa shape index (κ2) is 8.82. The third-order valence-electron chi connectivity index (χ3n) is 5.85. The van der Waals surface area contributed by atoms with Gasteiger partial charge >= 0.3 is 6.03 Å². The maximum atomic E-state index is 12.7. The fourth-order valence-electron chi connectivity index (χ4n) is 4.14. The normalized spacial score (nSPS) is 21.0. The number of likely N-dealkylation sites (tertiary alicyclic amines) is 1. The number of amides is 3. The van der Waals surface area contributed by atoms with Gasteiger partial charge in [0.25, 0.3) is 5.91 Å². The number of hydrogen-bond donors (Lipinski definition) is 0. The Bertz CT molecular complexity index is 691. The molecule has 0 aromatic heterocycles. The molecule has 3 aliphatic heterocycles. The van der Waals surface area contributed by atoms with Gasteiger partial charge in [0, 0.05) is 69.7 Å². The van der Waals surface area contributed by atoms with E-state index in [1.807, 2.05) is 32.9 Å². The van der Waals surface area contributed by atoms with E-state index in [4.69, 9.17) is 4.74 Å². The molecule has 151 valence electrons. The van der Waals surface area contributed by atoms with E-state index < -0.39 is 0 Å². The maximum absolute atomic E-state index is 12.7. The maximum Gasteiger partial charge on any atom is 0.320 e. The summed E-state index contributed by atoms with van der Waals surface area (Å²) in [7, 11) is 0. The molecule has 3 amide bonds. The fraction of sp³-hybridized carbons (Fsp3) is 0.619. The lowest BCUT2D eigenvalue weighted by molar-refractivity contribution is 0.0303.